The average molecular weight is 195 g/mol. The van der Waals surface area contributed by atoms with E-state index in [0.717, 1.165) is 38.4 Å². The molecule has 0 unspecified atom stereocenters. The number of hydrogen-bond acceptors (Lipinski definition) is 2. The molecule has 0 spiro atoms. The van der Waals surface area contributed by atoms with Gasteiger partial charge in [-0.1, -0.05) is 6.92 Å². The summed E-state index contributed by atoms with van der Waals surface area (Å²) in [7, 11) is 0. The monoisotopic (exact) mass is 195 g/mol. The van der Waals surface area contributed by atoms with Gasteiger partial charge in [0.05, 0.1) is 11.5 Å². The Morgan fingerprint density at radius 1 is 1.43 bits per heavy atom. The molecule has 0 atom stereocenters. The lowest BCUT2D eigenvalue weighted by molar-refractivity contribution is 0.0988. The lowest BCUT2D eigenvalue weighted by atomic mass is 9.70. The summed E-state index contributed by atoms with van der Waals surface area (Å²) in [5, 5.41) is 9.22. The Balaban J connectivity index is 2.39. The lowest BCUT2D eigenvalue weighted by Crippen LogP contribution is -2.26. The molecule has 0 bridgehead atoms. The van der Waals surface area contributed by atoms with Gasteiger partial charge in [0.25, 0.3) is 0 Å². The quantitative estimate of drug-likeness (QED) is 0.646. The Morgan fingerprint density at radius 2 is 2.07 bits per heavy atom. The van der Waals surface area contributed by atoms with Crippen LogP contribution < -0.4 is 0 Å². The van der Waals surface area contributed by atoms with E-state index >= 15 is 0 Å². The third kappa shape index (κ3) is 2.99. The van der Waals surface area contributed by atoms with Gasteiger partial charge in [-0.25, -0.2) is 0 Å². The summed E-state index contributed by atoms with van der Waals surface area (Å²) in [5.74, 6) is 0.809. The SMILES string of the molecule is CCOCCC1(C#N)CCC(C)CC1. The van der Waals surface area contributed by atoms with E-state index in [9.17, 15) is 5.26 Å². The first-order chi connectivity index (χ1) is 6.72. The number of nitrogens with zero attached hydrogens (tertiary/aromatic N) is 1. The predicted octanol–water partition coefficient (Wildman–Crippen LogP) is 3.13. The first-order valence-electron chi connectivity index (χ1n) is 5.71. The molecule has 0 radical (unpaired) electrons. The molecule has 0 aromatic rings. The smallest absolute Gasteiger partial charge is 0.0690 e. The van der Waals surface area contributed by atoms with Crippen molar-refractivity contribution < 1.29 is 4.74 Å². The van der Waals surface area contributed by atoms with Crippen LogP contribution in [-0.2, 0) is 4.74 Å². The van der Waals surface area contributed by atoms with Crippen LogP contribution in [0.4, 0.5) is 0 Å². The highest BCUT2D eigenvalue weighted by Gasteiger charge is 2.33. The molecule has 0 N–H and O–H groups in total. The van der Waals surface area contributed by atoms with E-state index in [0.29, 0.717) is 0 Å². The molecule has 0 heterocycles. The van der Waals surface area contributed by atoms with Crippen molar-refractivity contribution in [2.45, 2.75) is 46.0 Å². The van der Waals surface area contributed by atoms with E-state index in [1.807, 2.05) is 6.92 Å². The number of ether oxygens (including phenoxy) is 1. The fourth-order valence-electron chi connectivity index (χ4n) is 2.14. The predicted molar refractivity (Wildman–Crippen MR) is 56.8 cm³/mol. The highest BCUT2D eigenvalue weighted by Crippen LogP contribution is 2.40. The van der Waals surface area contributed by atoms with Crippen LogP contribution in [0.15, 0.2) is 0 Å². The van der Waals surface area contributed by atoms with Gasteiger partial charge in [-0.05, 0) is 44.9 Å². The summed E-state index contributed by atoms with van der Waals surface area (Å²) in [6, 6.07) is 2.52. The van der Waals surface area contributed by atoms with Gasteiger partial charge in [0, 0.05) is 13.2 Å². The van der Waals surface area contributed by atoms with E-state index in [4.69, 9.17) is 4.74 Å². The van der Waals surface area contributed by atoms with Crippen molar-refractivity contribution in [2.24, 2.45) is 11.3 Å². The topological polar surface area (TPSA) is 33.0 Å². The number of nitriles is 1. The normalized spacial score (nSPS) is 32.5. The van der Waals surface area contributed by atoms with E-state index in [1.54, 1.807) is 0 Å². The largest absolute Gasteiger partial charge is 0.382 e. The molecule has 1 fully saturated rings. The highest BCUT2D eigenvalue weighted by molar-refractivity contribution is 5.01. The van der Waals surface area contributed by atoms with Crippen molar-refractivity contribution in [3.63, 3.8) is 0 Å². The van der Waals surface area contributed by atoms with Crippen molar-refractivity contribution >= 4 is 0 Å². The van der Waals surface area contributed by atoms with Gasteiger partial charge >= 0.3 is 0 Å². The van der Waals surface area contributed by atoms with Crippen molar-refractivity contribution in [1.29, 1.82) is 5.26 Å². The molecular weight excluding hydrogens is 174 g/mol. The van der Waals surface area contributed by atoms with E-state index in [2.05, 4.69) is 13.0 Å². The fourth-order valence-corrected chi connectivity index (χ4v) is 2.14. The molecular formula is C12H21NO. The molecule has 2 heteroatoms. The van der Waals surface area contributed by atoms with Crippen LogP contribution in [0.5, 0.6) is 0 Å². The molecule has 1 rings (SSSR count). The van der Waals surface area contributed by atoms with Crippen molar-refractivity contribution in [2.75, 3.05) is 13.2 Å². The zero-order valence-corrected chi connectivity index (χ0v) is 9.38. The minimum atomic E-state index is -0.0678. The minimum Gasteiger partial charge on any atom is -0.382 e. The second-order valence-corrected chi connectivity index (χ2v) is 4.52. The van der Waals surface area contributed by atoms with E-state index in [-0.39, 0.29) is 5.41 Å². The second kappa shape index (κ2) is 5.36. The van der Waals surface area contributed by atoms with Crippen molar-refractivity contribution in [3.8, 4) is 6.07 Å². The van der Waals surface area contributed by atoms with Gasteiger partial charge in [-0.3, -0.25) is 0 Å². The maximum atomic E-state index is 9.22. The minimum absolute atomic E-state index is 0.0678. The first kappa shape index (κ1) is 11.5. The van der Waals surface area contributed by atoms with Crippen LogP contribution in [0.3, 0.4) is 0 Å². The Bertz CT molecular complexity index is 199. The third-order valence-electron chi connectivity index (χ3n) is 3.40. The molecule has 0 saturated heterocycles. The molecule has 1 aliphatic rings. The molecule has 0 aromatic carbocycles. The van der Waals surface area contributed by atoms with Crippen LogP contribution >= 0.6 is 0 Å². The van der Waals surface area contributed by atoms with Gasteiger partial charge < -0.3 is 4.74 Å². The maximum absolute atomic E-state index is 9.22. The molecule has 80 valence electrons. The molecule has 0 aromatic heterocycles. The van der Waals surface area contributed by atoms with Crippen molar-refractivity contribution in [1.82, 2.24) is 0 Å². The van der Waals surface area contributed by atoms with Gasteiger partial charge in [0.2, 0.25) is 0 Å². The van der Waals surface area contributed by atoms with Crippen LogP contribution in [-0.4, -0.2) is 13.2 Å². The zero-order chi connectivity index (χ0) is 10.4. The molecule has 2 nitrogen and oxygen atoms in total. The Morgan fingerprint density at radius 3 is 2.57 bits per heavy atom. The number of hydrogen-bond donors (Lipinski definition) is 0. The van der Waals surface area contributed by atoms with E-state index in [1.165, 1.54) is 12.8 Å². The third-order valence-corrected chi connectivity index (χ3v) is 3.40. The van der Waals surface area contributed by atoms with Crippen molar-refractivity contribution in [3.05, 3.63) is 0 Å². The first-order valence-corrected chi connectivity index (χ1v) is 5.71. The molecule has 14 heavy (non-hydrogen) atoms. The maximum Gasteiger partial charge on any atom is 0.0690 e. The van der Waals surface area contributed by atoms with Crippen LogP contribution in [0, 0.1) is 22.7 Å². The summed E-state index contributed by atoms with van der Waals surface area (Å²) in [5.41, 5.74) is -0.0678. The van der Waals surface area contributed by atoms with E-state index < -0.39 is 0 Å². The molecule has 1 aliphatic carbocycles. The molecule has 1 saturated carbocycles. The van der Waals surface area contributed by atoms with Crippen LogP contribution in [0.25, 0.3) is 0 Å². The highest BCUT2D eigenvalue weighted by atomic mass is 16.5. The molecule has 0 amide bonds. The Hall–Kier alpha value is -0.550. The fraction of sp³-hybridized carbons (Fsp3) is 0.917. The van der Waals surface area contributed by atoms with Crippen LogP contribution in [0.1, 0.15) is 46.0 Å². The summed E-state index contributed by atoms with van der Waals surface area (Å²) in [6.07, 6.45) is 5.47. The average Bonchev–Trinajstić information content (AvgIpc) is 2.22. The molecule has 0 aliphatic heterocycles. The number of rotatable bonds is 4. The summed E-state index contributed by atoms with van der Waals surface area (Å²) in [6.45, 7) is 5.79. The summed E-state index contributed by atoms with van der Waals surface area (Å²) >= 11 is 0. The Labute approximate surface area is 87.3 Å². The van der Waals surface area contributed by atoms with Gasteiger partial charge in [-0.2, -0.15) is 5.26 Å². The zero-order valence-electron chi connectivity index (χ0n) is 9.38. The summed E-state index contributed by atoms with van der Waals surface area (Å²) < 4.78 is 5.34. The Kier molecular flexibility index (Phi) is 4.41. The second-order valence-electron chi connectivity index (χ2n) is 4.52. The standard InChI is InChI=1S/C12H21NO/c1-3-14-9-8-12(10-13)6-4-11(2)5-7-12/h11H,3-9H2,1-2H3. The van der Waals surface area contributed by atoms with Gasteiger partial charge in [0.1, 0.15) is 0 Å². The summed E-state index contributed by atoms with van der Waals surface area (Å²) in [4.78, 5) is 0. The van der Waals surface area contributed by atoms with Crippen LogP contribution in [0.2, 0.25) is 0 Å². The van der Waals surface area contributed by atoms with Gasteiger partial charge in [0.15, 0.2) is 0 Å². The van der Waals surface area contributed by atoms with Gasteiger partial charge in [-0.15, -0.1) is 0 Å². The lowest BCUT2D eigenvalue weighted by Gasteiger charge is -2.33.